The Hall–Kier alpha value is -2.27. The summed E-state index contributed by atoms with van der Waals surface area (Å²) < 4.78 is 5.37. The SMILES string of the molecule is C=C/C(=C(\C=C/N)Oc1ccc(Cl)cc1)[N+](=O)[O-]. The van der Waals surface area contributed by atoms with Crippen LogP contribution in [0, 0.1) is 10.1 Å². The zero-order valence-corrected chi connectivity index (χ0v) is 10.1. The lowest BCUT2D eigenvalue weighted by Gasteiger charge is -2.06. The Morgan fingerprint density at radius 1 is 1.44 bits per heavy atom. The number of allylic oxidation sites excluding steroid dienone is 2. The normalized spacial score (nSPS) is 12.1. The quantitative estimate of drug-likeness (QED) is 0.385. The van der Waals surface area contributed by atoms with Crippen LogP contribution >= 0.6 is 11.6 Å². The van der Waals surface area contributed by atoms with E-state index in [0.717, 1.165) is 12.3 Å². The summed E-state index contributed by atoms with van der Waals surface area (Å²) in [6, 6.07) is 6.40. The van der Waals surface area contributed by atoms with Crippen LogP contribution in [0.4, 0.5) is 0 Å². The molecular weight excluding hydrogens is 256 g/mol. The van der Waals surface area contributed by atoms with E-state index in [4.69, 9.17) is 22.1 Å². The highest BCUT2D eigenvalue weighted by atomic mass is 35.5. The summed E-state index contributed by atoms with van der Waals surface area (Å²) in [5.74, 6) is 0.411. The Bertz CT molecular complexity index is 507. The van der Waals surface area contributed by atoms with Crippen LogP contribution in [0.5, 0.6) is 5.75 Å². The van der Waals surface area contributed by atoms with Crippen molar-refractivity contribution in [3.63, 3.8) is 0 Å². The summed E-state index contributed by atoms with van der Waals surface area (Å²) in [4.78, 5) is 10.2. The van der Waals surface area contributed by atoms with Crippen LogP contribution in [0.25, 0.3) is 0 Å². The molecule has 0 amide bonds. The van der Waals surface area contributed by atoms with E-state index in [1.165, 1.54) is 6.08 Å². The fourth-order valence-electron chi connectivity index (χ4n) is 1.15. The van der Waals surface area contributed by atoms with E-state index < -0.39 is 4.92 Å². The minimum atomic E-state index is -0.599. The second-order valence-electron chi connectivity index (χ2n) is 3.13. The Kier molecular flexibility index (Phi) is 4.95. The number of hydrogen-bond acceptors (Lipinski definition) is 4. The van der Waals surface area contributed by atoms with Crippen LogP contribution in [0.15, 0.2) is 60.7 Å². The summed E-state index contributed by atoms with van der Waals surface area (Å²) in [5, 5.41) is 11.3. The highest BCUT2D eigenvalue weighted by molar-refractivity contribution is 6.30. The van der Waals surface area contributed by atoms with Crippen molar-refractivity contribution in [2.75, 3.05) is 0 Å². The van der Waals surface area contributed by atoms with Gasteiger partial charge in [0.25, 0.3) is 0 Å². The molecule has 2 N–H and O–H groups in total. The Morgan fingerprint density at radius 3 is 2.50 bits per heavy atom. The van der Waals surface area contributed by atoms with E-state index in [1.807, 2.05) is 0 Å². The predicted molar refractivity (Wildman–Crippen MR) is 69.6 cm³/mol. The van der Waals surface area contributed by atoms with Gasteiger partial charge < -0.3 is 10.5 Å². The number of nitrogens with two attached hydrogens (primary N) is 1. The molecule has 1 aromatic rings. The van der Waals surface area contributed by atoms with Gasteiger partial charge in [-0.3, -0.25) is 10.1 Å². The molecule has 0 atom stereocenters. The van der Waals surface area contributed by atoms with Gasteiger partial charge in [0.15, 0.2) is 0 Å². The first-order chi connectivity index (χ1) is 8.58. The first kappa shape index (κ1) is 13.8. The molecule has 0 unspecified atom stereocenters. The second-order valence-corrected chi connectivity index (χ2v) is 3.56. The van der Waals surface area contributed by atoms with Crippen LogP contribution in [-0.4, -0.2) is 4.92 Å². The maximum atomic E-state index is 10.8. The monoisotopic (exact) mass is 266 g/mol. The number of rotatable bonds is 5. The van der Waals surface area contributed by atoms with E-state index in [9.17, 15) is 10.1 Å². The molecule has 1 aromatic carbocycles. The molecule has 0 bridgehead atoms. The van der Waals surface area contributed by atoms with Crippen LogP contribution in [0.1, 0.15) is 0 Å². The van der Waals surface area contributed by atoms with Gasteiger partial charge in [0.1, 0.15) is 5.75 Å². The molecule has 0 aliphatic carbocycles. The smallest absolute Gasteiger partial charge is 0.311 e. The third-order valence-corrected chi connectivity index (χ3v) is 2.18. The molecule has 0 spiro atoms. The molecule has 18 heavy (non-hydrogen) atoms. The molecule has 5 nitrogen and oxygen atoms in total. The van der Waals surface area contributed by atoms with Crippen molar-refractivity contribution in [1.82, 2.24) is 0 Å². The lowest BCUT2D eigenvalue weighted by molar-refractivity contribution is -0.421. The topological polar surface area (TPSA) is 78.4 Å². The largest absolute Gasteiger partial charge is 0.450 e. The minimum absolute atomic E-state index is 0.000164. The maximum absolute atomic E-state index is 10.8. The first-order valence-electron chi connectivity index (χ1n) is 4.91. The number of nitro groups is 1. The van der Waals surface area contributed by atoms with Gasteiger partial charge in [0.2, 0.25) is 5.76 Å². The number of nitrogens with zero attached hydrogens (tertiary/aromatic N) is 1. The molecule has 6 heteroatoms. The van der Waals surface area contributed by atoms with Gasteiger partial charge in [0, 0.05) is 17.2 Å². The highest BCUT2D eigenvalue weighted by Gasteiger charge is 2.15. The molecule has 1 rings (SSSR count). The third kappa shape index (κ3) is 3.64. The van der Waals surface area contributed by atoms with Gasteiger partial charge in [0.05, 0.1) is 4.92 Å². The first-order valence-corrected chi connectivity index (χ1v) is 5.29. The highest BCUT2D eigenvalue weighted by Crippen LogP contribution is 2.20. The van der Waals surface area contributed by atoms with Gasteiger partial charge in [-0.25, -0.2) is 0 Å². The van der Waals surface area contributed by atoms with E-state index in [0.29, 0.717) is 10.8 Å². The van der Waals surface area contributed by atoms with Gasteiger partial charge in [-0.05, 0) is 30.5 Å². The second kappa shape index (κ2) is 6.46. The fourth-order valence-corrected chi connectivity index (χ4v) is 1.28. The van der Waals surface area contributed by atoms with E-state index >= 15 is 0 Å². The molecule has 0 fully saturated rings. The van der Waals surface area contributed by atoms with Crippen molar-refractivity contribution in [2.24, 2.45) is 5.73 Å². The van der Waals surface area contributed by atoms with Crippen LogP contribution in [0.2, 0.25) is 5.02 Å². The fraction of sp³-hybridized carbons (Fsp3) is 0. The third-order valence-electron chi connectivity index (χ3n) is 1.93. The van der Waals surface area contributed by atoms with Gasteiger partial charge in [-0.2, -0.15) is 0 Å². The number of hydrogen-bond donors (Lipinski definition) is 1. The molecule has 0 heterocycles. The van der Waals surface area contributed by atoms with Gasteiger partial charge in [-0.1, -0.05) is 18.2 Å². The molecule has 94 valence electrons. The number of halogens is 1. The minimum Gasteiger partial charge on any atom is -0.450 e. The average molecular weight is 267 g/mol. The van der Waals surface area contributed by atoms with Crippen molar-refractivity contribution in [3.05, 3.63) is 75.8 Å². The van der Waals surface area contributed by atoms with Crippen LogP contribution in [0.3, 0.4) is 0 Å². The van der Waals surface area contributed by atoms with Crippen LogP contribution in [-0.2, 0) is 0 Å². The molecule has 0 radical (unpaired) electrons. The molecule has 0 saturated heterocycles. The maximum Gasteiger partial charge on any atom is 0.311 e. The molecule has 0 saturated carbocycles. The zero-order chi connectivity index (χ0) is 13.5. The summed E-state index contributed by atoms with van der Waals surface area (Å²) in [6.07, 6.45) is 3.53. The van der Waals surface area contributed by atoms with Crippen molar-refractivity contribution in [2.45, 2.75) is 0 Å². The summed E-state index contributed by atoms with van der Waals surface area (Å²) >= 11 is 5.72. The summed E-state index contributed by atoms with van der Waals surface area (Å²) in [7, 11) is 0. The van der Waals surface area contributed by atoms with Crippen molar-refractivity contribution >= 4 is 11.6 Å². The van der Waals surface area contributed by atoms with E-state index in [1.54, 1.807) is 24.3 Å². The number of ether oxygens (including phenoxy) is 1. The lowest BCUT2D eigenvalue weighted by Crippen LogP contribution is -2.05. The van der Waals surface area contributed by atoms with Crippen LogP contribution < -0.4 is 10.5 Å². The average Bonchev–Trinajstić information content (AvgIpc) is 2.32. The standard InChI is InChI=1S/C12H11ClN2O3/c1-2-11(15(16)17)12(7-8-14)18-10-5-3-9(13)4-6-10/h2-8H,1,14H2/b8-7-,12-11-. The van der Waals surface area contributed by atoms with E-state index in [2.05, 4.69) is 6.58 Å². The molecule has 0 aromatic heterocycles. The molecule has 0 aliphatic rings. The van der Waals surface area contributed by atoms with Crippen molar-refractivity contribution in [3.8, 4) is 5.75 Å². The lowest BCUT2D eigenvalue weighted by atomic mass is 10.3. The Morgan fingerprint density at radius 2 is 2.06 bits per heavy atom. The number of benzene rings is 1. The summed E-state index contributed by atoms with van der Waals surface area (Å²) in [5.41, 5.74) is 4.96. The van der Waals surface area contributed by atoms with Crippen molar-refractivity contribution < 1.29 is 9.66 Å². The van der Waals surface area contributed by atoms with E-state index in [-0.39, 0.29) is 11.5 Å². The zero-order valence-electron chi connectivity index (χ0n) is 9.38. The Balaban J connectivity index is 3.11. The van der Waals surface area contributed by atoms with Gasteiger partial charge >= 0.3 is 5.70 Å². The Labute approximate surface area is 109 Å². The predicted octanol–water partition coefficient (Wildman–Crippen LogP) is 2.87. The summed E-state index contributed by atoms with van der Waals surface area (Å²) in [6.45, 7) is 3.37. The molecular formula is C12H11ClN2O3. The van der Waals surface area contributed by atoms with Gasteiger partial charge in [-0.15, -0.1) is 0 Å². The van der Waals surface area contributed by atoms with Crippen molar-refractivity contribution in [1.29, 1.82) is 0 Å². The molecule has 0 aliphatic heterocycles.